The van der Waals surface area contributed by atoms with Crippen LogP contribution in [0.3, 0.4) is 0 Å². The van der Waals surface area contributed by atoms with E-state index in [0.29, 0.717) is 5.75 Å². The van der Waals surface area contributed by atoms with Gasteiger partial charge in [0.1, 0.15) is 5.60 Å². The van der Waals surface area contributed by atoms with Gasteiger partial charge < -0.3 is 9.57 Å². The molecule has 0 bridgehead atoms. The highest BCUT2D eigenvalue weighted by Gasteiger charge is 2.16. The molecule has 5 heteroatoms. The molecule has 0 atom stereocenters. The summed E-state index contributed by atoms with van der Waals surface area (Å²) in [6, 6.07) is 7.33. The molecule has 1 amide bonds. The number of hydrogen-bond acceptors (Lipinski definition) is 3. The van der Waals surface area contributed by atoms with E-state index in [1.807, 2.05) is 12.1 Å². The summed E-state index contributed by atoms with van der Waals surface area (Å²) in [5.41, 5.74) is 1.69. The van der Waals surface area contributed by atoms with Gasteiger partial charge in [0.2, 0.25) is 0 Å². The molecule has 1 aromatic carbocycles. The summed E-state index contributed by atoms with van der Waals surface area (Å²) in [5, 5.41) is 0. The van der Waals surface area contributed by atoms with Crippen LogP contribution in [0, 0.1) is 3.57 Å². The van der Waals surface area contributed by atoms with Crippen molar-refractivity contribution in [1.82, 2.24) is 5.48 Å². The lowest BCUT2D eigenvalue weighted by Gasteiger charge is -2.19. The standard InChI is InChI=1S/C11H14INO3/c1-11(2,3)15-10(14)13-16-9-6-4-5-8(12)7-9/h4-7H,1-3H3,(H,13,14). The highest BCUT2D eigenvalue weighted by atomic mass is 127. The number of hydroxylamine groups is 1. The van der Waals surface area contributed by atoms with Crippen molar-refractivity contribution >= 4 is 28.7 Å². The number of halogens is 1. The Hall–Kier alpha value is -0.980. The van der Waals surface area contributed by atoms with Gasteiger partial charge in [-0.15, -0.1) is 0 Å². The van der Waals surface area contributed by atoms with Crippen molar-refractivity contribution in [1.29, 1.82) is 0 Å². The van der Waals surface area contributed by atoms with Crippen molar-refractivity contribution in [3.8, 4) is 5.75 Å². The fourth-order valence-electron chi connectivity index (χ4n) is 0.930. The maximum absolute atomic E-state index is 11.3. The first-order valence-corrected chi connectivity index (χ1v) is 5.86. The first-order valence-electron chi connectivity index (χ1n) is 4.78. The van der Waals surface area contributed by atoms with Gasteiger partial charge in [-0.1, -0.05) is 6.07 Å². The summed E-state index contributed by atoms with van der Waals surface area (Å²) in [7, 11) is 0. The predicted octanol–water partition coefficient (Wildman–Crippen LogP) is 3.11. The quantitative estimate of drug-likeness (QED) is 0.667. The van der Waals surface area contributed by atoms with Crippen LogP contribution in [0.4, 0.5) is 4.79 Å². The minimum atomic E-state index is -0.605. The average Bonchev–Trinajstić information content (AvgIpc) is 2.12. The Bertz CT molecular complexity index is 374. The van der Waals surface area contributed by atoms with E-state index >= 15 is 0 Å². The summed E-state index contributed by atoms with van der Waals surface area (Å²) in [6.45, 7) is 5.37. The number of carbonyl (C=O) groups excluding carboxylic acids is 1. The number of carbonyl (C=O) groups is 1. The first-order chi connectivity index (χ1) is 7.37. The van der Waals surface area contributed by atoms with Crippen LogP contribution in [0.25, 0.3) is 0 Å². The van der Waals surface area contributed by atoms with Crippen LogP contribution >= 0.6 is 22.6 Å². The van der Waals surface area contributed by atoms with Gasteiger partial charge in [-0.25, -0.2) is 4.79 Å². The Balaban J connectivity index is 2.43. The first kappa shape index (κ1) is 13.1. The van der Waals surface area contributed by atoms with E-state index in [2.05, 4.69) is 28.1 Å². The van der Waals surface area contributed by atoms with Crippen molar-refractivity contribution in [2.45, 2.75) is 26.4 Å². The zero-order valence-electron chi connectivity index (χ0n) is 9.41. The Kier molecular flexibility index (Phi) is 4.40. The van der Waals surface area contributed by atoms with Crippen LogP contribution in [0.1, 0.15) is 20.8 Å². The molecule has 0 saturated carbocycles. The lowest BCUT2D eigenvalue weighted by Crippen LogP contribution is -2.34. The lowest BCUT2D eigenvalue weighted by atomic mass is 10.2. The molecule has 1 rings (SSSR count). The van der Waals surface area contributed by atoms with E-state index < -0.39 is 11.7 Å². The summed E-state index contributed by atoms with van der Waals surface area (Å²) >= 11 is 2.16. The molecule has 0 unspecified atom stereocenters. The molecule has 88 valence electrons. The van der Waals surface area contributed by atoms with Crippen LogP contribution in [0.15, 0.2) is 24.3 Å². The third-order valence-corrected chi connectivity index (χ3v) is 2.12. The highest BCUT2D eigenvalue weighted by molar-refractivity contribution is 14.1. The van der Waals surface area contributed by atoms with E-state index in [-0.39, 0.29) is 0 Å². The second-order valence-corrected chi connectivity index (χ2v) is 5.41. The van der Waals surface area contributed by atoms with Gasteiger partial charge in [-0.3, -0.25) is 0 Å². The van der Waals surface area contributed by atoms with Gasteiger partial charge >= 0.3 is 6.09 Å². The number of benzene rings is 1. The fourth-order valence-corrected chi connectivity index (χ4v) is 1.44. The van der Waals surface area contributed by atoms with E-state index in [4.69, 9.17) is 9.57 Å². The zero-order valence-corrected chi connectivity index (χ0v) is 11.6. The van der Waals surface area contributed by atoms with Gasteiger partial charge in [0.05, 0.1) is 0 Å². The maximum Gasteiger partial charge on any atom is 0.441 e. The number of amides is 1. The molecule has 0 spiro atoms. The minimum Gasteiger partial charge on any atom is -0.442 e. The van der Waals surface area contributed by atoms with Crippen LogP contribution in [-0.2, 0) is 4.74 Å². The Morgan fingerprint density at radius 2 is 2.06 bits per heavy atom. The molecule has 0 aromatic heterocycles. The monoisotopic (exact) mass is 335 g/mol. The third-order valence-electron chi connectivity index (χ3n) is 1.45. The Labute approximate surface area is 108 Å². The molecule has 4 nitrogen and oxygen atoms in total. The Morgan fingerprint density at radius 3 is 2.62 bits per heavy atom. The average molecular weight is 335 g/mol. The SMILES string of the molecule is CC(C)(C)OC(=O)NOc1cccc(I)c1. The summed E-state index contributed by atoms with van der Waals surface area (Å²) in [4.78, 5) is 16.3. The van der Waals surface area contributed by atoms with Gasteiger partial charge in [0.25, 0.3) is 0 Å². The molecular weight excluding hydrogens is 321 g/mol. The van der Waals surface area contributed by atoms with Gasteiger partial charge in [0, 0.05) is 3.57 Å². The molecule has 0 aliphatic carbocycles. The summed E-state index contributed by atoms with van der Waals surface area (Å²) < 4.78 is 6.04. The summed E-state index contributed by atoms with van der Waals surface area (Å²) in [5.74, 6) is 0.567. The number of hydrogen-bond donors (Lipinski definition) is 1. The molecule has 0 heterocycles. The molecular formula is C11H14INO3. The van der Waals surface area contributed by atoms with E-state index in [0.717, 1.165) is 3.57 Å². The fraction of sp³-hybridized carbons (Fsp3) is 0.364. The third kappa shape index (κ3) is 5.20. The van der Waals surface area contributed by atoms with Gasteiger partial charge in [-0.2, -0.15) is 5.48 Å². The lowest BCUT2D eigenvalue weighted by molar-refractivity contribution is 0.0287. The second kappa shape index (κ2) is 5.38. The molecule has 0 fully saturated rings. The van der Waals surface area contributed by atoms with Crippen LogP contribution in [0.2, 0.25) is 0 Å². The Morgan fingerprint density at radius 1 is 1.38 bits per heavy atom. The van der Waals surface area contributed by atoms with E-state index in [1.54, 1.807) is 32.9 Å². The van der Waals surface area contributed by atoms with E-state index in [1.165, 1.54) is 0 Å². The molecule has 0 aliphatic rings. The van der Waals surface area contributed by atoms with Crippen molar-refractivity contribution in [2.24, 2.45) is 0 Å². The number of ether oxygens (including phenoxy) is 1. The molecule has 0 radical (unpaired) electrons. The summed E-state index contributed by atoms with van der Waals surface area (Å²) in [6.07, 6.45) is -0.605. The topological polar surface area (TPSA) is 47.6 Å². The normalized spacial score (nSPS) is 10.8. The second-order valence-electron chi connectivity index (χ2n) is 4.16. The van der Waals surface area contributed by atoms with Gasteiger partial charge in [-0.05, 0) is 61.6 Å². The molecule has 1 aromatic rings. The molecule has 0 saturated heterocycles. The minimum absolute atomic E-state index is 0.529. The van der Waals surface area contributed by atoms with E-state index in [9.17, 15) is 4.79 Å². The van der Waals surface area contributed by atoms with Crippen LogP contribution in [-0.4, -0.2) is 11.7 Å². The highest BCUT2D eigenvalue weighted by Crippen LogP contribution is 2.14. The molecule has 16 heavy (non-hydrogen) atoms. The van der Waals surface area contributed by atoms with Crippen LogP contribution < -0.4 is 10.3 Å². The van der Waals surface area contributed by atoms with Crippen LogP contribution in [0.5, 0.6) is 5.75 Å². The van der Waals surface area contributed by atoms with Crippen molar-refractivity contribution < 1.29 is 14.4 Å². The zero-order chi connectivity index (χ0) is 12.2. The van der Waals surface area contributed by atoms with Crippen molar-refractivity contribution in [2.75, 3.05) is 0 Å². The van der Waals surface area contributed by atoms with Gasteiger partial charge in [0.15, 0.2) is 5.75 Å². The predicted molar refractivity (Wildman–Crippen MR) is 69.2 cm³/mol. The van der Waals surface area contributed by atoms with Crippen molar-refractivity contribution in [3.05, 3.63) is 27.8 Å². The number of nitrogens with one attached hydrogen (secondary N) is 1. The smallest absolute Gasteiger partial charge is 0.441 e. The maximum atomic E-state index is 11.3. The number of rotatable bonds is 2. The molecule has 0 aliphatic heterocycles. The largest absolute Gasteiger partial charge is 0.442 e. The van der Waals surface area contributed by atoms with Crippen molar-refractivity contribution in [3.63, 3.8) is 0 Å². The molecule has 1 N–H and O–H groups in total.